The maximum absolute atomic E-state index is 10.0. The molecule has 0 saturated heterocycles. The molecule has 1 atom stereocenters. The predicted octanol–water partition coefficient (Wildman–Crippen LogP) is 4.22. The highest BCUT2D eigenvalue weighted by Crippen LogP contribution is 2.24. The molecule has 0 heterocycles. The average Bonchev–Trinajstić information content (AvgIpc) is 2.35. The van der Waals surface area contributed by atoms with Gasteiger partial charge in [-0.25, -0.2) is 0 Å². The Morgan fingerprint density at radius 1 is 1.28 bits per heavy atom. The Morgan fingerprint density at radius 3 is 2.72 bits per heavy atom. The van der Waals surface area contributed by atoms with Gasteiger partial charge in [0.2, 0.25) is 0 Å². The van der Waals surface area contributed by atoms with Crippen LogP contribution in [0.3, 0.4) is 0 Å². The molecule has 0 aliphatic carbocycles. The van der Waals surface area contributed by atoms with Gasteiger partial charge in [-0.1, -0.05) is 44.2 Å². The Hall–Kier alpha value is -0.730. The van der Waals surface area contributed by atoms with Crippen molar-refractivity contribution in [2.45, 2.75) is 51.6 Å². The van der Waals surface area contributed by atoms with Crippen molar-refractivity contribution in [2.24, 2.45) is 0 Å². The summed E-state index contributed by atoms with van der Waals surface area (Å²) in [5, 5.41) is 10.7. The molecule has 0 radical (unpaired) electrons. The lowest BCUT2D eigenvalue weighted by Crippen LogP contribution is -2.11. The van der Waals surface area contributed by atoms with Gasteiger partial charge in [0.1, 0.15) is 5.75 Å². The van der Waals surface area contributed by atoms with Crippen LogP contribution in [-0.4, -0.2) is 18.3 Å². The number of rotatable bonds is 8. The molecule has 3 heteroatoms. The first-order valence-corrected chi connectivity index (χ1v) is 7.05. The van der Waals surface area contributed by atoms with Gasteiger partial charge in [0, 0.05) is 11.4 Å². The number of benzene rings is 1. The number of hydrogen-bond acceptors (Lipinski definition) is 2. The summed E-state index contributed by atoms with van der Waals surface area (Å²) in [4.78, 5) is 0. The van der Waals surface area contributed by atoms with E-state index >= 15 is 0 Å². The summed E-state index contributed by atoms with van der Waals surface area (Å²) in [5.74, 6) is 0.798. The van der Waals surface area contributed by atoms with E-state index in [1.807, 2.05) is 12.1 Å². The molecule has 1 unspecified atom stereocenters. The predicted molar refractivity (Wildman–Crippen MR) is 76.5 cm³/mol. The van der Waals surface area contributed by atoms with E-state index in [9.17, 15) is 5.11 Å². The van der Waals surface area contributed by atoms with Gasteiger partial charge in [-0.2, -0.15) is 0 Å². The molecule has 1 aromatic rings. The van der Waals surface area contributed by atoms with Crippen LogP contribution >= 0.6 is 11.6 Å². The highest BCUT2D eigenvalue weighted by molar-refractivity contribution is 6.30. The summed E-state index contributed by atoms with van der Waals surface area (Å²) < 4.78 is 5.27. The third-order valence-corrected chi connectivity index (χ3v) is 3.32. The number of aliphatic hydroxyl groups excluding tert-OH is 1. The van der Waals surface area contributed by atoms with Crippen molar-refractivity contribution in [1.82, 2.24) is 0 Å². The van der Waals surface area contributed by atoms with Crippen LogP contribution in [0.25, 0.3) is 0 Å². The Bertz CT molecular complexity index is 352. The average molecular weight is 271 g/mol. The zero-order valence-electron chi connectivity index (χ0n) is 11.3. The second-order valence-electron chi connectivity index (χ2n) is 4.66. The minimum absolute atomic E-state index is 0.311. The van der Waals surface area contributed by atoms with Gasteiger partial charge >= 0.3 is 0 Å². The van der Waals surface area contributed by atoms with Crippen LogP contribution in [0.4, 0.5) is 0 Å². The van der Waals surface area contributed by atoms with Crippen LogP contribution in [0.1, 0.15) is 44.6 Å². The van der Waals surface area contributed by atoms with Gasteiger partial charge in [0.15, 0.2) is 0 Å². The molecular formula is C15H23ClO2. The van der Waals surface area contributed by atoms with E-state index in [0.29, 0.717) is 11.4 Å². The lowest BCUT2D eigenvalue weighted by atomic mass is 10.0. The molecule has 0 aromatic heterocycles. The maximum atomic E-state index is 10.0. The quantitative estimate of drug-likeness (QED) is 0.717. The van der Waals surface area contributed by atoms with Gasteiger partial charge in [0.05, 0.1) is 13.2 Å². The minimum Gasteiger partial charge on any atom is -0.496 e. The van der Waals surface area contributed by atoms with Gasteiger partial charge < -0.3 is 9.84 Å². The second kappa shape index (κ2) is 8.39. The summed E-state index contributed by atoms with van der Waals surface area (Å²) >= 11 is 5.97. The van der Waals surface area contributed by atoms with Crippen LogP contribution in [0.2, 0.25) is 5.02 Å². The Labute approximate surface area is 115 Å². The lowest BCUT2D eigenvalue weighted by Gasteiger charge is -2.13. The highest BCUT2D eigenvalue weighted by atomic mass is 35.5. The van der Waals surface area contributed by atoms with Crippen LogP contribution in [-0.2, 0) is 6.42 Å². The van der Waals surface area contributed by atoms with Crippen molar-refractivity contribution < 1.29 is 9.84 Å². The summed E-state index contributed by atoms with van der Waals surface area (Å²) in [7, 11) is 1.64. The Morgan fingerprint density at radius 2 is 2.06 bits per heavy atom. The number of ether oxygens (including phenoxy) is 1. The Kier molecular flexibility index (Phi) is 7.14. The maximum Gasteiger partial charge on any atom is 0.122 e. The standard InChI is InChI=1S/C15H23ClO2/c1-3-4-5-6-7-14(17)11-12-10-13(16)8-9-15(12)18-2/h8-10,14,17H,3-7,11H2,1-2H3. The van der Waals surface area contributed by atoms with Crippen LogP contribution < -0.4 is 4.74 Å². The van der Waals surface area contributed by atoms with Crippen LogP contribution in [0.5, 0.6) is 5.75 Å². The summed E-state index contributed by atoms with van der Waals surface area (Å²) in [6, 6.07) is 5.52. The third kappa shape index (κ3) is 5.28. The van der Waals surface area contributed by atoms with Crippen LogP contribution in [0.15, 0.2) is 18.2 Å². The molecule has 18 heavy (non-hydrogen) atoms. The van der Waals surface area contributed by atoms with Crippen molar-refractivity contribution in [1.29, 1.82) is 0 Å². The smallest absolute Gasteiger partial charge is 0.122 e. The molecule has 0 fully saturated rings. The number of halogens is 1. The molecule has 102 valence electrons. The number of unbranched alkanes of at least 4 members (excludes halogenated alkanes) is 3. The third-order valence-electron chi connectivity index (χ3n) is 3.09. The number of methoxy groups -OCH3 is 1. The normalized spacial score (nSPS) is 12.4. The van der Waals surface area contributed by atoms with Crippen molar-refractivity contribution >= 4 is 11.6 Å². The summed E-state index contributed by atoms with van der Waals surface area (Å²) in [5.41, 5.74) is 0.980. The molecule has 2 nitrogen and oxygen atoms in total. The van der Waals surface area contributed by atoms with Crippen molar-refractivity contribution in [3.63, 3.8) is 0 Å². The van der Waals surface area contributed by atoms with E-state index in [-0.39, 0.29) is 6.10 Å². The fourth-order valence-electron chi connectivity index (χ4n) is 2.07. The first-order valence-electron chi connectivity index (χ1n) is 6.67. The zero-order chi connectivity index (χ0) is 13.4. The molecule has 0 bridgehead atoms. The first-order chi connectivity index (χ1) is 8.67. The van der Waals surface area contributed by atoms with Crippen molar-refractivity contribution in [3.05, 3.63) is 28.8 Å². The molecule has 1 rings (SSSR count). The number of aliphatic hydroxyl groups is 1. The van der Waals surface area contributed by atoms with Gasteiger partial charge in [-0.05, 0) is 30.2 Å². The molecular weight excluding hydrogens is 248 g/mol. The molecule has 0 aliphatic heterocycles. The van der Waals surface area contributed by atoms with Gasteiger partial charge in [0.25, 0.3) is 0 Å². The van der Waals surface area contributed by atoms with E-state index in [2.05, 4.69) is 6.92 Å². The minimum atomic E-state index is -0.311. The number of hydrogen-bond donors (Lipinski definition) is 1. The SMILES string of the molecule is CCCCCCC(O)Cc1cc(Cl)ccc1OC. The molecule has 0 aliphatic rings. The first kappa shape index (κ1) is 15.3. The van der Waals surface area contributed by atoms with E-state index in [4.69, 9.17) is 16.3 Å². The van der Waals surface area contributed by atoms with Crippen molar-refractivity contribution in [3.8, 4) is 5.75 Å². The molecule has 0 saturated carbocycles. The second-order valence-corrected chi connectivity index (χ2v) is 5.10. The monoisotopic (exact) mass is 270 g/mol. The van der Waals surface area contributed by atoms with Gasteiger partial charge in [-0.3, -0.25) is 0 Å². The topological polar surface area (TPSA) is 29.5 Å². The fraction of sp³-hybridized carbons (Fsp3) is 0.600. The highest BCUT2D eigenvalue weighted by Gasteiger charge is 2.10. The van der Waals surface area contributed by atoms with Gasteiger partial charge in [-0.15, -0.1) is 0 Å². The molecule has 1 aromatic carbocycles. The van der Waals surface area contributed by atoms with E-state index in [1.165, 1.54) is 19.3 Å². The van der Waals surface area contributed by atoms with Crippen molar-refractivity contribution in [2.75, 3.05) is 7.11 Å². The molecule has 1 N–H and O–H groups in total. The molecule has 0 amide bonds. The zero-order valence-corrected chi connectivity index (χ0v) is 12.0. The van der Waals surface area contributed by atoms with Crippen LogP contribution in [0, 0.1) is 0 Å². The molecule has 0 spiro atoms. The Balaban J connectivity index is 2.47. The lowest BCUT2D eigenvalue weighted by molar-refractivity contribution is 0.160. The van der Waals surface area contributed by atoms with E-state index in [1.54, 1.807) is 13.2 Å². The largest absolute Gasteiger partial charge is 0.496 e. The summed E-state index contributed by atoms with van der Waals surface area (Å²) in [6.45, 7) is 2.19. The van der Waals surface area contributed by atoms with E-state index in [0.717, 1.165) is 24.2 Å². The fourth-order valence-corrected chi connectivity index (χ4v) is 2.26. The van der Waals surface area contributed by atoms with E-state index < -0.39 is 0 Å². The summed E-state index contributed by atoms with van der Waals surface area (Å²) in [6.07, 6.45) is 5.88.